The van der Waals surface area contributed by atoms with Gasteiger partial charge in [-0.3, -0.25) is 0 Å². The van der Waals surface area contributed by atoms with Crippen molar-refractivity contribution in [3.8, 4) is 5.69 Å². The summed E-state index contributed by atoms with van der Waals surface area (Å²) < 4.78 is 7.82. The molecule has 8 heteroatoms. The van der Waals surface area contributed by atoms with Gasteiger partial charge in [0.1, 0.15) is 0 Å². The van der Waals surface area contributed by atoms with Crippen LogP contribution in [-0.4, -0.2) is 31.3 Å². The molecule has 1 aromatic carbocycles. The first-order valence-electron chi connectivity index (χ1n) is 9.06. The van der Waals surface area contributed by atoms with E-state index in [0.717, 1.165) is 4.57 Å². The summed E-state index contributed by atoms with van der Waals surface area (Å²) in [6, 6.07) is 7.56. The minimum Gasteiger partial charge on any atom is -0.467 e. The van der Waals surface area contributed by atoms with Crippen molar-refractivity contribution in [3.05, 3.63) is 98.9 Å². The topological polar surface area (TPSA) is 75.2 Å². The molecule has 0 amide bonds. The van der Waals surface area contributed by atoms with Gasteiger partial charge >= 0.3 is 17.3 Å². The minimum absolute atomic E-state index is 0.461. The standard InChI is InChI=1S/C21H16BrN3O4/c1-29-18(26)21(22)14-9-5-6-10-15(21)17-12-11-16(14)24-19(27)23(20(28)25(17)24)13-7-3-2-4-8-13/h2-12,16-17H,1H3/t16-,17+,21?. The normalized spacial score (nSPS) is 26.3. The van der Waals surface area contributed by atoms with Gasteiger partial charge in [0, 0.05) is 0 Å². The number of aromatic nitrogens is 3. The summed E-state index contributed by atoms with van der Waals surface area (Å²) in [7, 11) is 1.32. The number of carbonyl (C=O) groups is 1. The maximum absolute atomic E-state index is 13.4. The fourth-order valence-corrected chi connectivity index (χ4v) is 5.21. The molecule has 0 radical (unpaired) electrons. The summed E-state index contributed by atoms with van der Waals surface area (Å²) in [5, 5.41) is 0. The maximum atomic E-state index is 13.4. The number of hydrogen-bond acceptors (Lipinski definition) is 4. The lowest BCUT2D eigenvalue weighted by atomic mass is 9.86. The van der Waals surface area contributed by atoms with Crippen molar-refractivity contribution in [1.29, 1.82) is 0 Å². The highest BCUT2D eigenvalue weighted by Gasteiger charge is 2.54. The van der Waals surface area contributed by atoms with E-state index in [1.165, 1.54) is 16.5 Å². The Morgan fingerprint density at radius 2 is 1.48 bits per heavy atom. The molecule has 2 aromatic rings. The van der Waals surface area contributed by atoms with Crippen molar-refractivity contribution >= 4 is 21.9 Å². The van der Waals surface area contributed by atoms with Crippen LogP contribution in [0.1, 0.15) is 12.1 Å². The molecule has 0 saturated heterocycles. The summed E-state index contributed by atoms with van der Waals surface area (Å²) in [6.07, 6.45) is 10.9. The van der Waals surface area contributed by atoms with Crippen LogP contribution in [0.2, 0.25) is 0 Å². The van der Waals surface area contributed by atoms with Crippen LogP contribution >= 0.6 is 15.9 Å². The van der Waals surface area contributed by atoms with E-state index in [9.17, 15) is 14.4 Å². The quantitative estimate of drug-likeness (QED) is 0.396. The number of methoxy groups -OCH3 is 1. The van der Waals surface area contributed by atoms with Gasteiger partial charge in [0.05, 0.1) is 24.9 Å². The molecular formula is C21H16BrN3O4. The van der Waals surface area contributed by atoms with Crippen LogP contribution in [0.15, 0.2) is 87.5 Å². The molecule has 2 aliphatic heterocycles. The van der Waals surface area contributed by atoms with Gasteiger partial charge in [-0.2, -0.15) is 0 Å². The van der Waals surface area contributed by atoms with Crippen LogP contribution in [0.4, 0.5) is 0 Å². The zero-order valence-electron chi connectivity index (χ0n) is 15.4. The van der Waals surface area contributed by atoms with Crippen LogP contribution in [0.5, 0.6) is 0 Å². The average Bonchev–Trinajstić information content (AvgIpc) is 2.86. The maximum Gasteiger partial charge on any atom is 0.352 e. The van der Waals surface area contributed by atoms with Crippen molar-refractivity contribution in [2.45, 2.75) is 16.4 Å². The highest BCUT2D eigenvalue weighted by molar-refractivity contribution is 9.10. The minimum atomic E-state index is -1.27. The fraction of sp³-hybridized carbons (Fsp3) is 0.190. The van der Waals surface area contributed by atoms with E-state index in [-0.39, 0.29) is 0 Å². The molecule has 3 heterocycles. The highest BCUT2D eigenvalue weighted by Crippen LogP contribution is 2.51. The summed E-state index contributed by atoms with van der Waals surface area (Å²) >= 11 is 3.61. The Morgan fingerprint density at radius 1 is 0.966 bits per heavy atom. The van der Waals surface area contributed by atoms with E-state index >= 15 is 0 Å². The van der Waals surface area contributed by atoms with Gasteiger partial charge < -0.3 is 4.74 Å². The zero-order valence-corrected chi connectivity index (χ0v) is 16.9. The lowest BCUT2D eigenvalue weighted by Gasteiger charge is -2.29. The summed E-state index contributed by atoms with van der Waals surface area (Å²) in [6.45, 7) is 0. The first-order chi connectivity index (χ1) is 14.0. The number of rotatable bonds is 2. The Hall–Kier alpha value is -3.13. The molecule has 7 nitrogen and oxygen atoms in total. The molecule has 0 N–H and O–H groups in total. The summed E-state index contributed by atoms with van der Waals surface area (Å²) in [5.41, 5.74) is 0.800. The largest absolute Gasteiger partial charge is 0.467 e. The molecule has 4 aliphatic rings. The highest BCUT2D eigenvalue weighted by atomic mass is 79.9. The summed E-state index contributed by atoms with van der Waals surface area (Å²) in [5.74, 6) is -0.500. The van der Waals surface area contributed by atoms with E-state index in [1.807, 2.05) is 30.4 Å². The van der Waals surface area contributed by atoms with Crippen LogP contribution in [-0.2, 0) is 9.53 Å². The summed E-state index contributed by atoms with van der Waals surface area (Å²) in [4.78, 5) is 39.6. The predicted molar refractivity (Wildman–Crippen MR) is 110 cm³/mol. The molecule has 1 unspecified atom stereocenters. The van der Waals surface area contributed by atoms with Crippen LogP contribution in [0.3, 0.4) is 0 Å². The molecule has 6 rings (SSSR count). The Kier molecular flexibility index (Phi) is 3.82. The van der Waals surface area contributed by atoms with Gasteiger partial charge in [0.15, 0.2) is 4.32 Å². The third kappa shape index (κ3) is 2.20. The first-order valence-corrected chi connectivity index (χ1v) is 9.86. The second kappa shape index (κ2) is 6.18. The Balaban J connectivity index is 1.85. The number of hydrogen-bond donors (Lipinski definition) is 0. The van der Waals surface area contributed by atoms with E-state index in [1.54, 1.807) is 36.4 Å². The fourth-order valence-electron chi connectivity index (χ4n) is 4.32. The SMILES string of the molecule is COC(=O)C1(Br)C2=CC=CC=C1[C@@H]1C=C[C@H]2n2c(=O)n(-c3ccccc3)c(=O)n21. The molecule has 0 saturated carbocycles. The van der Waals surface area contributed by atoms with Crippen molar-refractivity contribution in [1.82, 2.24) is 13.9 Å². The first kappa shape index (κ1) is 17.9. The van der Waals surface area contributed by atoms with Crippen LogP contribution < -0.4 is 11.4 Å². The van der Waals surface area contributed by atoms with Gasteiger partial charge in [-0.15, -0.1) is 0 Å². The number of benzene rings is 1. The third-order valence-electron chi connectivity index (χ3n) is 5.59. The smallest absolute Gasteiger partial charge is 0.352 e. The van der Waals surface area contributed by atoms with Crippen molar-refractivity contribution in [3.63, 3.8) is 0 Å². The second-order valence-corrected chi connectivity index (χ2v) is 8.17. The van der Waals surface area contributed by atoms with Gasteiger partial charge in [0.25, 0.3) is 0 Å². The van der Waals surface area contributed by atoms with Crippen LogP contribution in [0, 0.1) is 0 Å². The second-order valence-electron chi connectivity index (χ2n) is 6.98. The molecule has 4 bridgehead atoms. The van der Waals surface area contributed by atoms with Crippen LogP contribution in [0.25, 0.3) is 5.69 Å². The zero-order chi connectivity index (χ0) is 20.3. The molecule has 29 heavy (non-hydrogen) atoms. The van der Waals surface area contributed by atoms with E-state index < -0.39 is 33.8 Å². The molecule has 2 aliphatic carbocycles. The number of carbonyl (C=O) groups excluding carboxylic acids is 1. The molecule has 0 fully saturated rings. The van der Waals surface area contributed by atoms with E-state index in [4.69, 9.17) is 4.74 Å². The van der Waals surface area contributed by atoms with Gasteiger partial charge in [0.2, 0.25) is 0 Å². The average molecular weight is 454 g/mol. The van der Waals surface area contributed by atoms with Gasteiger partial charge in [-0.1, -0.05) is 70.6 Å². The number of halogens is 1. The molecular weight excluding hydrogens is 438 g/mol. The lowest BCUT2D eigenvalue weighted by molar-refractivity contribution is -0.141. The van der Waals surface area contributed by atoms with Crippen molar-refractivity contribution in [2.24, 2.45) is 0 Å². The third-order valence-corrected chi connectivity index (χ3v) is 6.83. The lowest BCUT2D eigenvalue weighted by Crippen LogP contribution is -2.40. The molecule has 1 aromatic heterocycles. The molecule has 146 valence electrons. The number of ether oxygens (including phenoxy) is 1. The van der Waals surface area contributed by atoms with E-state index in [2.05, 4.69) is 15.9 Å². The molecule has 0 spiro atoms. The van der Waals surface area contributed by atoms with Crippen molar-refractivity contribution < 1.29 is 9.53 Å². The van der Waals surface area contributed by atoms with Gasteiger partial charge in [-0.05, 0) is 23.3 Å². The Morgan fingerprint density at radius 3 is 1.97 bits per heavy atom. The number of esters is 1. The Bertz CT molecular complexity index is 1210. The Labute approximate surface area is 173 Å². The van der Waals surface area contributed by atoms with E-state index in [0.29, 0.717) is 16.8 Å². The number of para-hydroxylation sites is 1. The predicted octanol–water partition coefficient (Wildman–Crippen LogP) is 2.20. The number of allylic oxidation sites excluding steroid dienone is 6. The van der Waals surface area contributed by atoms with Crippen molar-refractivity contribution in [2.75, 3.05) is 7.11 Å². The van der Waals surface area contributed by atoms with Gasteiger partial charge in [-0.25, -0.2) is 28.3 Å². The number of nitrogens with zero attached hydrogens (tertiary/aromatic N) is 3. The monoisotopic (exact) mass is 453 g/mol. The molecule has 3 atom stereocenters. The number of alkyl halides is 1.